The van der Waals surface area contributed by atoms with Gasteiger partial charge in [0.2, 0.25) is 0 Å². The number of aryl methyl sites for hydroxylation is 3. The molecule has 4 rings (SSSR count). The molecule has 0 nitrogen and oxygen atoms in total. The van der Waals surface area contributed by atoms with Gasteiger partial charge in [0.05, 0.1) is 0 Å². The van der Waals surface area contributed by atoms with Crippen LogP contribution in [0.25, 0.3) is 6.08 Å². The minimum absolute atomic E-state index is 0.987. The van der Waals surface area contributed by atoms with E-state index < -0.39 is 0 Å². The van der Waals surface area contributed by atoms with Crippen LogP contribution in [0.15, 0.2) is 72.3 Å². The molecule has 1 aliphatic rings. The Hall–Kier alpha value is -3.48. The van der Waals surface area contributed by atoms with Crippen molar-refractivity contribution in [1.29, 1.82) is 0 Å². The topological polar surface area (TPSA) is 0 Å². The fraction of sp³-hybridized carbons (Fsp3) is 0.143. The van der Waals surface area contributed by atoms with Gasteiger partial charge in [0.1, 0.15) is 0 Å². The highest BCUT2D eigenvalue weighted by molar-refractivity contribution is 5.65. The maximum absolute atomic E-state index is 3.35. The van der Waals surface area contributed by atoms with Gasteiger partial charge in [-0.15, -0.1) is 0 Å². The molecule has 0 heteroatoms. The van der Waals surface area contributed by atoms with Gasteiger partial charge in [-0.2, -0.15) is 0 Å². The van der Waals surface area contributed by atoms with Gasteiger partial charge in [0, 0.05) is 22.3 Å². The van der Waals surface area contributed by atoms with Gasteiger partial charge in [-0.3, -0.25) is 0 Å². The Morgan fingerprint density at radius 2 is 1.11 bits per heavy atom. The standard InChI is InChI=1S/C28H22/c1-21-3-7-23(8-4-21)11-13-25-15-17-28-20-26(16-18-27(28)19-25)14-12-24-9-5-22(2)6-10-24/h3-10,15,17,19-20H,16,18H2,1-2H3. The Morgan fingerprint density at radius 3 is 1.75 bits per heavy atom. The lowest BCUT2D eigenvalue weighted by molar-refractivity contribution is 0.956. The van der Waals surface area contributed by atoms with Crippen LogP contribution in [-0.4, -0.2) is 0 Å². The van der Waals surface area contributed by atoms with Gasteiger partial charge in [0.15, 0.2) is 0 Å². The summed E-state index contributed by atoms with van der Waals surface area (Å²) in [5.41, 5.74) is 9.53. The van der Waals surface area contributed by atoms with Gasteiger partial charge < -0.3 is 0 Å². The molecule has 0 bridgehead atoms. The first-order valence-corrected chi connectivity index (χ1v) is 9.67. The quantitative estimate of drug-likeness (QED) is 0.427. The predicted octanol–water partition coefficient (Wildman–Crippen LogP) is 6.08. The summed E-state index contributed by atoms with van der Waals surface area (Å²) in [4.78, 5) is 0. The molecule has 0 atom stereocenters. The zero-order valence-electron chi connectivity index (χ0n) is 16.3. The molecule has 0 spiro atoms. The third kappa shape index (κ3) is 4.43. The second kappa shape index (κ2) is 8.04. The van der Waals surface area contributed by atoms with Crippen LogP contribution in [0.4, 0.5) is 0 Å². The van der Waals surface area contributed by atoms with Crippen molar-refractivity contribution in [1.82, 2.24) is 0 Å². The van der Waals surface area contributed by atoms with Crippen LogP contribution >= 0.6 is 0 Å². The summed E-state index contributed by atoms with van der Waals surface area (Å²) in [5.74, 6) is 13.2. The summed E-state index contributed by atoms with van der Waals surface area (Å²) in [6, 6.07) is 23.2. The normalized spacial score (nSPS) is 12.0. The number of hydrogen-bond acceptors (Lipinski definition) is 0. The number of fused-ring (bicyclic) bond motifs is 1. The zero-order chi connectivity index (χ0) is 19.3. The van der Waals surface area contributed by atoms with E-state index in [2.05, 4.69) is 110 Å². The van der Waals surface area contributed by atoms with Crippen LogP contribution in [0, 0.1) is 37.5 Å². The summed E-state index contributed by atoms with van der Waals surface area (Å²) in [7, 11) is 0. The van der Waals surface area contributed by atoms with E-state index in [1.165, 1.54) is 27.8 Å². The van der Waals surface area contributed by atoms with E-state index in [1.807, 2.05) is 0 Å². The average molecular weight is 358 g/mol. The summed E-state index contributed by atoms with van der Waals surface area (Å²) in [5, 5.41) is 0. The number of benzene rings is 3. The van der Waals surface area contributed by atoms with Crippen molar-refractivity contribution in [3.8, 4) is 23.7 Å². The molecule has 0 saturated heterocycles. The maximum atomic E-state index is 3.35. The monoisotopic (exact) mass is 358 g/mol. The highest BCUT2D eigenvalue weighted by Crippen LogP contribution is 2.24. The molecule has 0 aliphatic heterocycles. The molecule has 3 aromatic rings. The summed E-state index contributed by atoms with van der Waals surface area (Å²) in [6.07, 6.45) is 4.22. The van der Waals surface area contributed by atoms with E-state index in [4.69, 9.17) is 0 Å². The van der Waals surface area contributed by atoms with Crippen LogP contribution in [0.2, 0.25) is 0 Å². The fourth-order valence-corrected chi connectivity index (χ4v) is 3.24. The van der Waals surface area contributed by atoms with E-state index in [0.717, 1.165) is 29.5 Å². The van der Waals surface area contributed by atoms with Crippen LogP contribution < -0.4 is 0 Å². The van der Waals surface area contributed by atoms with E-state index in [1.54, 1.807) is 0 Å². The lowest BCUT2D eigenvalue weighted by Crippen LogP contribution is -1.99. The SMILES string of the molecule is Cc1ccc(C#CC2=Cc3ccc(C#Cc4ccc(C)cc4)cc3CC2)cc1. The predicted molar refractivity (Wildman–Crippen MR) is 118 cm³/mol. The molecule has 0 fully saturated rings. The van der Waals surface area contributed by atoms with Crippen molar-refractivity contribution in [2.45, 2.75) is 26.7 Å². The third-order valence-corrected chi connectivity index (χ3v) is 4.96. The molecular weight excluding hydrogens is 336 g/mol. The van der Waals surface area contributed by atoms with Crippen LogP contribution in [0.5, 0.6) is 0 Å². The van der Waals surface area contributed by atoms with Crippen LogP contribution in [-0.2, 0) is 6.42 Å². The first kappa shape index (κ1) is 17.9. The highest BCUT2D eigenvalue weighted by atomic mass is 14.1. The van der Waals surface area contributed by atoms with Gasteiger partial charge in [0.25, 0.3) is 0 Å². The molecule has 0 heterocycles. The largest absolute Gasteiger partial charge is 0.0661 e. The Labute approximate surface area is 167 Å². The van der Waals surface area contributed by atoms with Gasteiger partial charge in [-0.1, -0.05) is 65.1 Å². The number of allylic oxidation sites excluding steroid dienone is 1. The Morgan fingerprint density at radius 1 is 0.571 bits per heavy atom. The van der Waals surface area contributed by atoms with Crippen molar-refractivity contribution >= 4 is 6.08 Å². The molecule has 0 N–H and O–H groups in total. The van der Waals surface area contributed by atoms with Crippen LogP contribution in [0.1, 0.15) is 45.4 Å². The van der Waals surface area contributed by atoms with Crippen molar-refractivity contribution in [3.05, 3.63) is 111 Å². The summed E-state index contributed by atoms with van der Waals surface area (Å²) >= 11 is 0. The van der Waals surface area contributed by atoms with Crippen molar-refractivity contribution < 1.29 is 0 Å². The summed E-state index contributed by atoms with van der Waals surface area (Å²) in [6.45, 7) is 4.19. The van der Waals surface area contributed by atoms with Gasteiger partial charge in [-0.25, -0.2) is 0 Å². The van der Waals surface area contributed by atoms with Crippen LogP contribution in [0.3, 0.4) is 0 Å². The fourth-order valence-electron chi connectivity index (χ4n) is 3.24. The molecular formula is C28H22. The first-order valence-electron chi connectivity index (χ1n) is 9.67. The Bertz CT molecular complexity index is 1150. The van der Waals surface area contributed by atoms with Gasteiger partial charge in [-0.05, 0) is 80.3 Å². The van der Waals surface area contributed by atoms with Gasteiger partial charge >= 0.3 is 0 Å². The second-order valence-corrected chi connectivity index (χ2v) is 7.32. The molecule has 0 aromatic heterocycles. The lowest BCUT2D eigenvalue weighted by atomic mass is 9.91. The molecule has 28 heavy (non-hydrogen) atoms. The minimum atomic E-state index is 0.987. The van der Waals surface area contributed by atoms with Crippen molar-refractivity contribution in [3.63, 3.8) is 0 Å². The zero-order valence-corrected chi connectivity index (χ0v) is 16.3. The number of rotatable bonds is 0. The lowest BCUT2D eigenvalue weighted by Gasteiger charge is -2.13. The molecule has 0 amide bonds. The maximum Gasteiger partial charge on any atom is 0.0252 e. The van der Waals surface area contributed by atoms with E-state index in [9.17, 15) is 0 Å². The Balaban J connectivity index is 1.53. The third-order valence-electron chi connectivity index (χ3n) is 4.96. The number of hydrogen-bond donors (Lipinski definition) is 0. The second-order valence-electron chi connectivity index (χ2n) is 7.32. The molecule has 3 aromatic carbocycles. The first-order chi connectivity index (χ1) is 13.7. The highest BCUT2D eigenvalue weighted by Gasteiger charge is 2.09. The van der Waals surface area contributed by atoms with E-state index >= 15 is 0 Å². The molecule has 0 radical (unpaired) electrons. The average Bonchev–Trinajstić information content (AvgIpc) is 2.73. The molecule has 134 valence electrons. The summed E-state index contributed by atoms with van der Waals surface area (Å²) < 4.78 is 0. The molecule has 0 saturated carbocycles. The Kier molecular flexibility index (Phi) is 5.14. The van der Waals surface area contributed by atoms with E-state index in [0.29, 0.717) is 0 Å². The smallest absolute Gasteiger partial charge is 0.0252 e. The minimum Gasteiger partial charge on any atom is -0.0661 e. The van der Waals surface area contributed by atoms with E-state index in [-0.39, 0.29) is 0 Å². The molecule has 0 unspecified atom stereocenters. The van der Waals surface area contributed by atoms with Crippen molar-refractivity contribution in [2.75, 3.05) is 0 Å². The molecule has 1 aliphatic carbocycles. The van der Waals surface area contributed by atoms with Crippen molar-refractivity contribution in [2.24, 2.45) is 0 Å².